The highest BCUT2D eigenvalue weighted by molar-refractivity contribution is 5.80. The van der Waals surface area contributed by atoms with E-state index < -0.39 is 0 Å². The fourth-order valence-electron chi connectivity index (χ4n) is 2.64. The second-order valence-electron chi connectivity index (χ2n) is 5.94. The lowest BCUT2D eigenvalue weighted by Crippen LogP contribution is -1.97. The molecule has 2 aromatic carbocycles. The maximum atomic E-state index is 5.42. The zero-order chi connectivity index (χ0) is 18.4. The van der Waals surface area contributed by atoms with Gasteiger partial charge in [-0.2, -0.15) is 0 Å². The number of aryl methyl sites for hydroxylation is 1. The van der Waals surface area contributed by atoms with Gasteiger partial charge in [0, 0.05) is 5.56 Å². The SMILES string of the molecule is C#CCOc1ccc(-c2cc(/C(C)=C/c3ccccc3)nc(C)n2)cc1. The molecule has 0 atom stereocenters. The van der Waals surface area contributed by atoms with Crippen molar-refractivity contribution in [3.8, 4) is 29.4 Å². The second-order valence-corrected chi connectivity index (χ2v) is 5.94. The summed E-state index contributed by atoms with van der Waals surface area (Å²) in [5, 5.41) is 0. The van der Waals surface area contributed by atoms with E-state index in [-0.39, 0.29) is 6.61 Å². The van der Waals surface area contributed by atoms with Crippen molar-refractivity contribution in [3.63, 3.8) is 0 Å². The van der Waals surface area contributed by atoms with Crippen molar-refractivity contribution in [2.45, 2.75) is 13.8 Å². The first-order valence-corrected chi connectivity index (χ1v) is 8.42. The fraction of sp³-hybridized carbons (Fsp3) is 0.130. The molecule has 1 heterocycles. The molecule has 0 fully saturated rings. The Balaban J connectivity index is 1.90. The highest BCUT2D eigenvalue weighted by Gasteiger charge is 2.07. The molecule has 0 saturated heterocycles. The van der Waals surface area contributed by atoms with Gasteiger partial charge in [-0.25, -0.2) is 9.97 Å². The molecule has 0 spiro atoms. The molecule has 1 aromatic heterocycles. The standard InChI is InChI=1S/C23H20N2O/c1-4-14-26-21-12-10-20(11-13-21)23-16-22(24-18(3)25-23)17(2)15-19-8-6-5-7-9-19/h1,5-13,15-16H,14H2,2-3H3/b17-15+. The van der Waals surface area contributed by atoms with Crippen LogP contribution < -0.4 is 4.74 Å². The van der Waals surface area contributed by atoms with Crippen molar-refractivity contribution in [2.75, 3.05) is 6.61 Å². The number of hydrogen-bond donors (Lipinski definition) is 0. The first-order valence-electron chi connectivity index (χ1n) is 8.42. The normalized spacial score (nSPS) is 11.0. The lowest BCUT2D eigenvalue weighted by atomic mass is 10.1. The van der Waals surface area contributed by atoms with Gasteiger partial charge in [-0.1, -0.05) is 36.3 Å². The third-order valence-corrected chi connectivity index (χ3v) is 3.90. The number of terminal acetylenes is 1. The Labute approximate surface area is 154 Å². The third kappa shape index (κ3) is 4.37. The number of hydrogen-bond acceptors (Lipinski definition) is 3. The zero-order valence-electron chi connectivity index (χ0n) is 14.9. The largest absolute Gasteiger partial charge is 0.481 e. The van der Waals surface area contributed by atoms with Gasteiger partial charge in [-0.3, -0.25) is 0 Å². The van der Waals surface area contributed by atoms with Crippen LogP contribution in [-0.2, 0) is 0 Å². The Morgan fingerprint density at radius 1 is 1.08 bits per heavy atom. The van der Waals surface area contributed by atoms with Crippen molar-refractivity contribution in [1.29, 1.82) is 0 Å². The minimum Gasteiger partial charge on any atom is -0.481 e. The molecule has 128 valence electrons. The van der Waals surface area contributed by atoms with Crippen LogP contribution in [0, 0.1) is 19.3 Å². The molecule has 0 bridgehead atoms. The molecule has 0 amide bonds. The molecule has 3 rings (SSSR count). The van der Waals surface area contributed by atoms with E-state index >= 15 is 0 Å². The summed E-state index contributed by atoms with van der Waals surface area (Å²) in [5.41, 5.74) is 5.06. The van der Waals surface area contributed by atoms with E-state index in [2.05, 4.69) is 41.0 Å². The molecule has 3 heteroatoms. The topological polar surface area (TPSA) is 35.0 Å². The number of rotatable bonds is 5. The highest BCUT2D eigenvalue weighted by atomic mass is 16.5. The van der Waals surface area contributed by atoms with Crippen LogP contribution in [-0.4, -0.2) is 16.6 Å². The summed E-state index contributed by atoms with van der Waals surface area (Å²) in [6.07, 6.45) is 7.34. The van der Waals surface area contributed by atoms with Crippen molar-refractivity contribution in [1.82, 2.24) is 9.97 Å². The Morgan fingerprint density at radius 3 is 2.50 bits per heavy atom. The van der Waals surface area contributed by atoms with Gasteiger partial charge >= 0.3 is 0 Å². The average molecular weight is 340 g/mol. The monoisotopic (exact) mass is 340 g/mol. The zero-order valence-corrected chi connectivity index (χ0v) is 14.9. The van der Waals surface area contributed by atoms with Crippen LogP contribution in [0.1, 0.15) is 24.0 Å². The van der Waals surface area contributed by atoms with Gasteiger partial charge < -0.3 is 4.74 Å². The van der Waals surface area contributed by atoms with Crippen molar-refractivity contribution < 1.29 is 4.74 Å². The van der Waals surface area contributed by atoms with Crippen LogP contribution in [0.15, 0.2) is 60.7 Å². The van der Waals surface area contributed by atoms with Crippen LogP contribution in [0.5, 0.6) is 5.75 Å². The Kier molecular flexibility index (Phi) is 5.46. The highest BCUT2D eigenvalue weighted by Crippen LogP contribution is 2.24. The molecule has 0 unspecified atom stereocenters. The molecule has 0 aliphatic heterocycles. The summed E-state index contributed by atoms with van der Waals surface area (Å²) < 4.78 is 5.42. The summed E-state index contributed by atoms with van der Waals surface area (Å²) in [7, 11) is 0. The van der Waals surface area contributed by atoms with Gasteiger partial charge in [0.2, 0.25) is 0 Å². The molecule has 0 saturated carbocycles. The third-order valence-electron chi connectivity index (χ3n) is 3.90. The number of benzene rings is 2. The first kappa shape index (κ1) is 17.4. The summed E-state index contributed by atoms with van der Waals surface area (Å²) in [6.45, 7) is 4.24. The molecular weight excluding hydrogens is 320 g/mol. The van der Waals surface area contributed by atoms with E-state index in [0.29, 0.717) is 0 Å². The lowest BCUT2D eigenvalue weighted by molar-refractivity contribution is 0.370. The predicted octanol–water partition coefficient (Wildman–Crippen LogP) is 5.02. The molecule has 0 aliphatic carbocycles. The van der Waals surface area contributed by atoms with Crippen LogP contribution in [0.3, 0.4) is 0 Å². The summed E-state index contributed by atoms with van der Waals surface area (Å²) in [5.74, 6) is 3.95. The van der Waals surface area contributed by atoms with Gasteiger partial charge in [-0.15, -0.1) is 6.42 Å². The van der Waals surface area contributed by atoms with Crippen LogP contribution in [0.4, 0.5) is 0 Å². The average Bonchev–Trinajstić information content (AvgIpc) is 2.67. The van der Waals surface area contributed by atoms with Gasteiger partial charge in [0.15, 0.2) is 0 Å². The summed E-state index contributed by atoms with van der Waals surface area (Å²) in [6, 6.07) is 20.0. The minimum atomic E-state index is 0.263. The van der Waals surface area contributed by atoms with E-state index in [1.54, 1.807) is 0 Å². The first-order chi connectivity index (χ1) is 12.7. The van der Waals surface area contributed by atoms with Gasteiger partial charge in [-0.05, 0) is 61.4 Å². The maximum absolute atomic E-state index is 5.42. The van der Waals surface area contributed by atoms with Crippen LogP contribution in [0.25, 0.3) is 22.9 Å². The number of nitrogens with zero attached hydrogens (tertiary/aromatic N) is 2. The van der Waals surface area contributed by atoms with Crippen LogP contribution >= 0.6 is 0 Å². The molecule has 3 nitrogen and oxygen atoms in total. The summed E-state index contributed by atoms with van der Waals surface area (Å²) in [4.78, 5) is 9.16. The smallest absolute Gasteiger partial charge is 0.148 e. The number of allylic oxidation sites excluding steroid dienone is 1. The van der Waals surface area contributed by atoms with Crippen molar-refractivity contribution in [3.05, 3.63) is 77.7 Å². The van der Waals surface area contributed by atoms with E-state index in [4.69, 9.17) is 11.2 Å². The molecule has 0 aliphatic rings. The van der Waals surface area contributed by atoms with E-state index in [0.717, 1.165) is 39.7 Å². The van der Waals surface area contributed by atoms with Crippen molar-refractivity contribution in [2.24, 2.45) is 0 Å². The number of ether oxygens (including phenoxy) is 1. The van der Waals surface area contributed by atoms with Crippen LogP contribution in [0.2, 0.25) is 0 Å². The Hall–Kier alpha value is -3.38. The maximum Gasteiger partial charge on any atom is 0.148 e. The summed E-state index contributed by atoms with van der Waals surface area (Å²) >= 11 is 0. The van der Waals surface area contributed by atoms with Gasteiger partial charge in [0.25, 0.3) is 0 Å². The number of aromatic nitrogens is 2. The van der Waals surface area contributed by atoms with Gasteiger partial charge in [0.1, 0.15) is 18.2 Å². The molecule has 0 N–H and O–H groups in total. The van der Waals surface area contributed by atoms with E-state index in [1.807, 2.05) is 55.5 Å². The second kappa shape index (κ2) is 8.13. The van der Waals surface area contributed by atoms with E-state index in [1.165, 1.54) is 0 Å². The molecule has 26 heavy (non-hydrogen) atoms. The molecular formula is C23H20N2O. The Morgan fingerprint density at radius 2 is 1.81 bits per heavy atom. The van der Waals surface area contributed by atoms with Gasteiger partial charge in [0.05, 0.1) is 11.4 Å². The minimum absolute atomic E-state index is 0.263. The van der Waals surface area contributed by atoms with E-state index in [9.17, 15) is 0 Å². The Bertz CT molecular complexity index is 952. The fourth-order valence-corrected chi connectivity index (χ4v) is 2.64. The van der Waals surface area contributed by atoms with Crippen molar-refractivity contribution >= 4 is 11.6 Å². The molecule has 0 radical (unpaired) electrons. The predicted molar refractivity (Wildman–Crippen MR) is 107 cm³/mol. The lowest BCUT2D eigenvalue weighted by Gasteiger charge is -2.08. The molecule has 3 aromatic rings. The quantitative estimate of drug-likeness (QED) is 0.611.